The van der Waals surface area contributed by atoms with Crippen LogP contribution < -0.4 is 10.1 Å². The highest BCUT2D eigenvalue weighted by molar-refractivity contribution is 5.97. The molecule has 0 saturated heterocycles. The van der Waals surface area contributed by atoms with Crippen LogP contribution in [0.25, 0.3) is 0 Å². The summed E-state index contributed by atoms with van der Waals surface area (Å²) < 4.78 is 9.94. The molecular formula is C18H19NO5. The van der Waals surface area contributed by atoms with Crippen molar-refractivity contribution in [1.29, 1.82) is 0 Å². The molecule has 0 fully saturated rings. The van der Waals surface area contributed by atoms with Crippen molar-refractivity contribution >= 4 is 17.6 Å². The van der Waals surface area contributed by atoms with E-state index < -0.39 is 18.5 Å². The molecule has 0 radical (unpaired) electrons. The lowest BCUT2D eigenvalue weighted by Crippen LogP contribution is -2.21. The number of esters is 1. The molecule has 2 aromatic carbocycles. The molecule has 0 bridgehead atoms. The molecule has 0 aliphatic heterocycles. The van der Waals surface area contributed by atoms with Gasteiger partial charge < -0.3 is 19.9 Å². The van der Waals surface area contributed by atoms with E-state index >= 15 is 0 Å². The van der Waals surface area contributed by atoms with E-state index in [2.05, 4.69) is 5.32 Å². The van der Waals surface area contributed by atoms with Crippen LogP contribution in [0.15, 0.2) is 36.4 Å². The van der Waals surface area contributed by atoms with E-state index in [1.165, 1.54) is 25.3 Å². The predicted molar refractivity (Wildman–Crippen MR) is 89.5 cm³/mol. The molecule has 126 valence electrons. The lowest BCUT2D eigenvalue weighted by molar-refractivity contribution is -0.119. The number of benzene rings is 2. The fourth-order valence-corrected chi connectivity index (χ4v) is 2.09. The van der Waals surface area contributed by atoms with Gasteiger partial charge in [-0.2, -0.15) is 0 Å². The number of nitrogens with one attached hydrogen (secondary N) is 1. The summed E-state index contributed by atoms with van der Waals surface area (Å²) in [7, 11) is 1.44. The summed E-state index contributed by atoms with van der Waals surface area (Å²) in [5.41, 5.74) is 2.60. The third kappa shape index (κ3) is 4.04. The summed E-state index contributed by atoms with van der Waals surface area (Å²) in [6.45, 7) is 3.38. The minimum absolute atomic E-state index is 0.0612. The van der Waals surface area contributed by atoms with Gasteiger partial charge >= 0.3 is 5.97 Å². The van der Waals surface area contributed by atoms with Gasteiger partial charge in [-0.15, -0.1) is 0 Å². The zero-order chi connectivity index (χ0) is 17.7. The summed E-state index contributed by atoms with van der Waals surface area (Å²) in [6.07, 6.45) is 0. The third-order valence-corrected chi connectivity index (χ3v) is 3.64. The maximum Gasteiger partial charge on any atom is 0.342 e. The highest BCUT2D eigenvalue weighted by Crippen LogP contribution is 2.23. The molecule has 6 heteroatoms. The molecule has 0 aromatic heterocycles. The number of phenols is 1. The van der Waals surface area contributed by atoms with Crippen molar-refractivity contribution in [3.63, 3.8) is 0 Å². The van der Waals surface area contributed by atoms with E-state index in [0.717, 1.165) is 11.1 Å². The standard InChI is InChI=1S/C18H19NO5/c1-11-5-4-6-15(12(11)2)19-17(21)10-24-18(22)14-9-13(23-3)7-8-16(14)20/h4-9,20H,10H2,1-3H3,(H,19,21). The summed E-state index contributed by atoms with van der Waals surface area (Å²) >= 11 is 0. The van der Waals surface area contributed by atoms with E-state index in [-0.39, 0.29) is 11.3 Å². The van der Waals surface area contributed by atoms with E-state index in [1.54, 1.807) is 6.07 Å². The zero-order valence-corrected chi connectivity index (χ0v) is 13.8. The number of ether oxygens (including phenoxy) is 2. The van der Waals surface area contributed by atoms with Crippen molar-refractivity contribution < 1.29 is 24.2 Å². The van der Waals surface area contributed by atoms with Crippen molar-refractivity contribution in [2.75, 3.05) is 19.0 Å². The summed E-state index contributed by atoms with van der Waals surface area (Å²) in [4.78, 5) is 23.9. The number of anilines is 1. The Morgan fingerprint density at radius 2 is 1.92 bits per heavy atom. The Bertz CT molecular complexity index is 770. The highest BCUT2D eigenvalue weighted by Gasteiger charge is 2.16. The third-order valence-electron chi connectivity index (χ3n) is 3.64. The molecule has 6 nitrogen and oxygen atoms in total. The molecule has 0 saturated carbocycles. The van der Waals surface area contributed by atoms with Crippen molar-refractivity contribution in [1.82, 2.24) is 0 Å². The quantitative estimate of drug-likeness (QED) is 0.824. The number of carbonyl (C=O) groups is 2. The maximum absolute atomic E-state index is 12.0. The van der Waals surface area contributed by atoms with Gasteiger partial charge in [0.15, 0.2) is 6.61 Å². The minimum Gasteiger partial charge on any atom is -0.507 e. The first-order chi connectivity index (χ1) is 11.4. The van der Waals surface area contributed by atoms with Gasteiger partial charge in [-0.1, -0.05) is 12.1 Å². The first-order valence-corrected chi connectivity index (χ1v) is 7.32. The second kappa shape index (κ2) is 7.50. The Morgan fingerprint density at radius 3 is 2.62 bits per heavy atom. The van der Waals surface area contributed by atoms with Gasteiger partial charge in [-0.05, 0) is 49.2 Å². The molecule has 0 spiro atoms. The van der Waals surface area contributed by atoms with E-state index in [4.69, 9.17) is 9.47 Å². The van der Waals surface area contributed by atoms with Crippen molar-refractivity contribution in [2.24, 2.45) is 0 Å². The topological polar surface area (TPSA) is 84.9 Å². The number of amides is 1. The average molecular weight is 329 g/mol. The molecule has 0 atom stereocenters. The van der Waals surface area contributed by atoms with Crippen LogP contribution in [0.1, 0.15) is 21.5 Å². The van der Waals surface area contributed by atoms with Crippen LogP contribution >= 0.6 is 0 Å². The Labute approximate surface area is 140 Å². The molecular weight excluding hydrogens is 310 g/mol. The molecule has 0 unspecified atom stereocenters. The van der Waals surface area contributed by atoms with Crippen LogP contribution in [-0.4, -0.2) is 30.7 Å². The van der Waals surface area contributed by atoms with Gasteiger partial charge in [0.2, 0.25) is 0 Å². The van der Waals surface area contributed by atoms with Gasteiger partial charge in [0.25, 0.3) is 5.91 Å². The molecule has 0 aliphatic carbocycles. The summed E-state index contributed by atoms with van der Waals surface area (Å²) in [6, 6.07) is 9.73. The van der Waals surface area contributed by atoms with Crippen LogP contribution in [0.3, 0.4) is 0 Å². The van der Waals surface area contributed by atoms with E-state index in [0.29, 0.717) is 11.4 Å². The molecule has 24 heavy (non-hydrogen) atoms. The number of hydrogen-bond acceptors (Lipinski definition) is 5. The lowest BCUT2D eigenvalue weighted by atomic mass is 10.1. The maximum atomic E-state index is 12.0. The summed E-state index contributed by atoms with van der Waals surface area (Å²) in [5.74, 6) is -1.10. The molecule has 2 N–H and O–H groups in total. The normalized spacial score (nSPS) is 10.1. The zero-order valence-electron chi connectivity index (χ0n) is 13.8. The Kier molecular flexibility index (Phi) is 5.42. The smallest absolute Gasteiger partial charge is 0.342 e. The first kappa shape index (κ1) is 17.3. The number of hydrogen-bond donors (Lipinski definition) is 2. The van der Waals surface area contributed by atoms with Gasteiger partial charge in [-0.25, -0.2) is 4.79 Å². The van der Waals surface area contributed by atoms with Crippen LogP contribution in [0.4, 0.5) is 5.69 Å². The number of aromatic hydroxyl groups is 1. The Morgan fingerprint density at radius 1 is 1.17 bits per heavy atom. The Hall–Kier alpha value is -3.02. The SMILES string of the molecule is COc1ccc(O)c(C(=O)OCC(=O)Nc2cccc(C)c2C)c1. The first-order valence-electron chi connectivity index (χ1n) is 7.32. The number of carbonyl (C=O) groups excluding carboxylic acids is 2. The minimum atomic E-state index is -0.803. The van der Waals surface area contributed by atoms with Gasteiger partial charge in [0.1, 0.15) is 17.1 Å². The average Bonchev–Trinajstić information content (AvgIpc) is 2.57. The van der Waals surface area contributed by atoms with Crippen LogP contribution in [0.2, 0.25) is 0 Å². The van der Waals surface area contributed by atoms with Gasteiger partial charge in [0.05, 0.1) is 7.11 Å². The van der Waals surface area contributed by atoms with Crippen molar-refractivity contribution in [3.8, 4) is 11.5 Å². The molecule has 2 aromatic rings. The monoisotopic (exact) mass is 329 g/mol. The fourth-order valence-electron chi connectivity index (χ4n) is 2.09. The van der Waals surface area contributed by atoms with Crippen molar-refractivity contribution in [2.45, 2.75) is 13.8 Å². The molecule has 1 amide bonds. The number of aryl methyl sites for hydroxylation is 1. The van der Waals surface area contributed by atoms with E-state index in [9.17, 15) is 14.7 Å². The van der Waals surface area contributed by atoms with Gasteiger partial charge in [-0.3, -0.25) is 4.79 Å². The summed E-state index contributed by atoms with van der Waals surface area (Å²) in [5, 5.41) is 12.4. The lowest BCUT2D eigenvalue weighted by Gasteiger charge is -2.11. The number of rotatable bonds is 5. The number of phenolic OH excluding ortho intramolecular Hbond substituents is 1. The number of methoxy groups -OCH3 is 1. The van der Waals surface area contributed by atoms with Crippen LogP contribution in [0.5, 0.6) is 11.5 Å². The second-order valence-corrected chi connectivity index (χ2v) is 5.25. The second-order valence-electron chi connectivity index (χ2n) is 5.25. The van der Waals surface area contributed by atoms with Crippen LogP contribution in [-0.2, 0) is 9.53 Å². The highest BCUT2D eigenvalue weighted by atomic mass is 16.5. The van der Waals surface area contributed by atoms with Gasteiger partial charge in [0, 0.05) is 5.69 Å². The largest absolute Gasteiger partial charge is 0.507 e. The van der Waals surface area contributed by atoms with Crippen LogP contribution in [0, 0.1) is 13.8 Å². The molecule has 2 rings (SSSR count). The van der Waals surface area contributed by atoms with Crippen molar-refractivity contribution in [3.05, 3.63) is 53.1 Å². The predicted octanol–water partition coefficient (Wildman–Crippen LogP) is 2.81. The molecule has 0 heterocycles. The molecule has 0 aliphatic rings. The van der Waals surface area contributed by atoms with E-state index in [1.807, 2.05) is 26.0 Å². The fraction of sp³-hybridized carbons (Fsp3) is 0.222. The Balaban J connectivity index is 1.99.